The lowest BCUT2D eigenvalue weighted by Gasteiger charge is -2.09. The Morgan fingerprint density at radius 1 is 0.875 bits per heavy atom. The van der Waals surface area contributed by atoms with Crippen molar-refractivity contribution in [2.45, 2.75) is 13.8 Å². The summed E-state index contributed by atoms with van der Waals surface area (Å²) in [5.74, 6) is 4.68. The number of hydrogen-bond acceptors (Lipinski definition) is 8. The molecule has 2 N–H and O–H groups in total. The Labute approximate surface area is 137 Å². The van der Waals surface area contributed by atoms with Gasteiger partial charge in [0.1, 0.15) is 23.2 Å². The smallest absolute Gasteiger partial charge is 0.231 e. The van der Waals surface area contributed by atoms with Gasteiger partial charge >= 0.3 is 0 Å². The SMILES string of the molecule is Cc1nc(Nc2ccc3c(c2)OCO3)cc(Nc2cc(C)on2)n1. The Bertz CT molecular complexity index is 893. The van der Waals surface area contributed by atoms with Gasteiger partial charge in [-0.05, 0) is 26.0 Å². The van der Waals surface area contributed by atoms with Gasteiger partial charge in [0.15, 0.2) is 17.3 Å². The lowest BCUT2D eigenvalue weighted by molar-refractivity contribution is 0.174. The normalized spacial score (nSPS) is 12.2. The first kappa shape index (κ1) is 14.3. The van der Waals surface area contributed by atoms with Gasteiger partial charge < -0.3 is 24.6 Å². The molecule has 0 fully saturated rings. The molecule has 1 aliphatic rings. The van der Waals surface area contributed by atoms with Crippen molar-refractivity contribution in [1.29, 1.82) is 0 Å². The quantitative estimate of drug-likeness (QED) is 0.754. The molecule has 0 saturated heterocycles. The molecule has 3 aromatic rings. The summed E-state index contributed by atoms with van der Waals surface area (Å²) in [6.07, 6.45) is 0. The van der Waals surface area contributed by atoms with Crippen molar-refractivity contribution >= 4 is 23.1 Å². The number of fused-ring (bicyclic) bond motifs is 1. The molecule has 0 spiro atoms. The first-order chi connectivity index (χ1) is 11.7. The summed E-state index contributed by atoms with van der Waals surface area (Å²) in [4.78, 5) is 8.74. The lowest BCUT2D eigenvalue weighted by atomic mass is 10.3. The summed E-state index contributed by atoms with van der Waals surface area (Å²) < 4.78 is 15.7. The molecule has 0 saturated carbocycles. The van der Waals surface area contributed by atoms with Crippen LogP contribution in [-0.2, 0) is 0 Å². The highest BCUT2D eigenvalue weighted by atomic mass is 16.7. The fraction of sp³-hybridized carbons (Fsp3) is 0.188. The van der Waals surface area contributed by atoms with Crippen LogP contribution in [0.5, 0.6) is 11.5 Å². The minimum absolute atomic E-state index is 0.247. The van der Waals surface area contributed by atoms with E-state index in [1.165, 1.54) is 0 Å². The summed E-state index contributed by atoms with van der Waals surface area (Å²) in [7, 11) is 0. The molecule has 0 bridgehead atoms. The van der Waals surface area contributed by atoms with Crippen molar-refractivity contribution in [2.24, 2.45) is 0 Å². The highest BCUT2D eigenvalue weighted by Gasteiger charge is 2.13. The Morgan fingerprint density at radius 2 is 1.67 bits per heavy atom. The first-order valence-electron chi connectivity index (χ1n) is 7.38. The number of anilines is 4. The third-order valence-electron chi connectivity index (χ3n) is 3.37. The molecule has 1 aromatic carbocycles. The van der Waals surface area contributed by atoms with Crippen molar-refractivity contribution in [2.75, 3.05) is 17.4 Å². The minimum atomic E-state index is 0.247. The highest BCUT2D eigenvalue weighted by Crippen LogP contribution is 2.35. The first-order valence-corrected chi connectivity index (χ1v) is 7.38. The largest absolute Gasteiger partial charge is 0.454 e. The molecule has 0 atom stereocenters. The van der Waals surface area contributed by atoms with E-state index >= 15 is 0 Å². The van der Waals surface area contributed by atoms with Crippen LogP contribution in [-0.4, -0.2) is 21.9 Å². The Kier molecular flexibility index (Phi) is 3.42. The Morgan fingerprint density at radius 3 is 2.46 bits per heavy atom. The van der Waals surface area contributed by atoms with Gasteiger partial charge in [-0.15, -0.1) is 0 Å². The number of rotatable bonds is 4. The van der Waals surface area contributed by atoms with E-state index in [4.69, 9.17) is 14.0 Å². The number of nitrogens with one attached hydrogen (secondary N) is 2. The molecular formula is C16H15N5O3. The van der Waals surface area contributed by atoms with Crippen molar-refractivity contribution in [3.8, 4) is 11.5 Å². The molecule has 3 heterocycles. The summed E-state index contributed by atoms with van der Waals surface area (Å²) in [5, 5.41) is 10.2. The summed E-state index contributed by atoms with van der Waals surface area (Å²) in [6, 6.07) is 9.22. The summed E-state index contributed by atoms with van der Waals surface area (Å²) >= 11 is 0. The van der Waals surface area contributed by atoms with E-state index in [1.807, 2.05) is 32.0 Å². The van der Waals surface area contributed by atoms with E-state index in [-0.39, 0.29) is 6.79 Å². The second kappa shape index (κ2) is 5.73. The predicted octanol–water partition coefficient (Wildman–Crippen LogP) is 3.30. The van der Waals surface area contributed by atoms with Gasteiger partial charge in [-0.25, -0.2) is 9.97 Å². The van der Waals surface area contributed by atoms with Crippen molar-refractivity contribution in [1.82, 2.24) is 15.1 Å². The third-order valence-corrected chi connectivity index (χ3v) is 3.37. The van der Waals surface area contributed by atoms with Crippen molar-refractivity contribution in [3.63, 3.8) is 0 Å². The second-order valence-corrected chi connectivity index (χ2v) is 5.33. The minimum Gasteiger partial charge on any atom is -0.454 e. The average Bonchev–Trinajstić information content (AvgIpc) is 3.15. The van der Waals surface area contributed by atoms with Crippen LogP contribution in [0.3, 0.4) is 0 Å². The van der Waals surface area contributed by atoms with Gasteiger partial charge in [-0.1, -0.05) is 5.16 Å². The number of benzene rings is 1. The van der Waals surface area contributed by atoms with Crippen LogP contribution in [0, 0.1) is 13.8 Å². The number of aromatic nitrogens is 3. The molecule has 2 aromatic heterocycles. The van der Waals surface area contributed by atoms with Crippen LogP contribution in [0.2, 0.25) is 0 Å². The van der Waals surface area contributed by atoms with Crippen LogP contribution >= 0.6 is 0 Å². The van der Waals surface area contributed by atoms with Gasteiger partial charge in [0, 0.05) is 23.9 Å². The molecule has 0 unspecified atom stereocenters. The summed E-state index contributed by atoms with van der Waals surface area (Å²) in [5.41, 5.74) is 0.848. The van der Waals surface area contributed by atoms with Gasteiger partial charge in [0.2, 0.25) is 6.79 Å². The van der Waals surface area contributed by atoms with E-state index < -0.39 is 0 Å². The molecule has 1 aliphatic heterocycles. The van der Waals surface area contributed by atoms with Crippen LogP contribution in [0.15, 0.2) is 34.9 Å². The van der Waals surface area contributed by atoms with Crippen LogP contribution < -0.4 is 20.1 Å². The highest BCUT2D eigenvalue weighted by molar-refractivity contribution is 5.64. The van der Waals surface area contributed by atoms with E-state index in [0.717, 1.165) is 17.2 Å². The van der Waals surface area contributed by atoms with Gasteiger partial charge in [0.05, 0.1) is 0 Å². The zero-order valence-corrected chi connectivity index (χ0v) is 13.2. The molecule has 122 valence electrons. The standard InChI is InChI=1S/C16H15N5O3/c1-9-5-16(21-24-9)20-15-7-14(17-10(2)18-15)19-11-3-4-12-13(6-11)23-8-22-12/h3-7H,8H2,1-2H3,(H2,17,18,19,20,21). The topological polar surface area (TPSA) is 94.3 Å². The van der Waals surface area contributed by atoms with Crippen LogP contribution in [0.4, 0.5) is 23.1 Å². The summed E-state index contributed by atoms with van der Waals surface area (Å²) in [6.45, 7) is 3.90. The molecule has 4 rings (SSSR count). The van der Waals surface area contributed by atoms with E-state index in [1.54, 1.807) is 12.1 Å². The predicted molar refractivity (Wildman–Crippen MR) is 87.1 cm³/mol. The lowest BCUT2D eigenvalue weighted by Crippen LogP contribution is -2.01. The molecule has 8 heteroatoms. The van der Waals surface area contributed by atoms with Crippen molar-refractivity contribution in [3.05, 3.63) is 41.9 Å². The van der Waals surface area contributed by atoms with E-state index in [2.05, 4.69) is 25.8 Å². The van der Waals surface area contributed by atoms with E-state index in [9.17, 15) is 0 Å². The zero-order valence-electron chi connectivity index (χ0n) is 13.2. The number of aryl methyl sites for hydroxylation is 2. The Hall–Kier alpha value is -3.29. The van der Waals surface area contributed by atoms with Crippen LogP contribution in [0.1, 0.15) is 11.6 Å². The maximum Gasteiger partial charge on any atom is 0.231 e. The van der Waals surface area contributed by atoms with Gasteiger partial charge in [0.25, 0.3) is 0 Å². The number of hydrogen-bond donors (Lipinski definition) is 2. The molecule has 24 heavy (non-hydrogen) atoms. The zero-order chi connectivity index (χ0) is 16.5. The van der Waals surface area contributed by atoms with E-state index in [0.29, 0.717) is 29.0 Å². The molecule has 0 radical (unpaired) electrons. The Balaban J connectivity index is 1.56. The molecular weight excluding hydrogens is 310 g/mol. The monoisotopic (exact) mass is 325 g/mol. The fourth-order valence-electron chi connectivity index (χ4n) is 2.37. The van der Waals surface area contributed by atoms with Crippen LogP contribution in [0.25, 0.3) is 0 Å². The molecule has 0 aliphatic carbocycles. The maximum absolute atomic E-state index is 5.38. The maximum atomic E-state index is 5.38. The number of nitrogens with zero attached hydrogens (tertiary/aromatic N) is 3. The fourth-order valence-corrected chi connectivity index (χ4v) is 2.37. The molecule has 8 nitrogen and oxygen atoms in total. The molecule has 0 amide bonds. The average molecular weight is 325 g/mol. The second-order valence-electron chi connectivity index (χ2n) is 5.33. The van der Waals surface area contributed by atoms with Gasteiger partial charge in [-0.3, -0.25) is 0 Å². The number of ether oxygens (including phenoxy) is 2. The van der Waals surface area contributed by atoms with Gasteiger partial charge in [-0.2, -0.15) is 0 Å². The van der Waals surface area contributed by atoms with Crippen molar-refractivity contribution < 1.29 is 14.0 Å². The third kappa shape index (κ3) is 2.94.